The fraction of sp³-hybridized carbons (Fsp3) is 0.280. The maximum atomic E-state index is 12.1. The van der Waals surface area contributed by atoms with E-state index in [1.165, 1.54) is 0 Å². The number of rotatable bonds is 10. The molecule has 0 aliphatic heterocycles. The number of nitrogens with one attached hydrogen (secondary N) is 1. The van der Waals surface area contributed by atoms with Crippen LogP contribution in [-0.4, -0.2) is 59.7 Å². The maximum absolute atomic E-state index is 12.1. The molecule has 2 heterocycles. The van der Waals surface area contributed by atoms with Crippen molar-refractivity contribution in [3.05, 3.63) is 59.7 Å². The average molecular weight is 478 g/mol. The molecule has 0 bridgehead atoms. The minimum atomic E-state index is -0.230. The number of nitrogens with zero attached hydrogens (tertiary/aromatic N) is 4. The van der Waals surface area contributed by atoms with Crippen LogP contribution in [-0.2, 0) is 4.79 Å². The molecule has 1 N–H and O–H groups in total. The first-order valence-electron chi connectivity index (χ1n) is 11.0. The third-order valence-electron chi connectivity index (χ3n) is 5.24. The number of benzene rings is 2. The topological polar surface area (TPSA) is 109 Å². The molecule has 0 aliphatic carbocycles. The number of fused-ring (bicyclic) bond motifs is 1. The number of carbonyl (C=O) groups is 1. The molecule has 0 spiro atoms. The second-order valence-electron chi connectivity index (χ2n) is 7.79. The van der Waals surface area contributed by atoms with E-state index >= 15 is 0 Å². The van der Waals surface area contributed by atoms with Crippen molar-refractivity contribution in [3.8, 4) is 34.5 Å². The van der Waals surface area contributed by atoms with Gasteiger partial charge in [-0.05, 0) is 49.7 Å². The molecule has 0 fully saturated rings. The van der Waals surface area contributed by atoms with Crippen LogP contribution in [0.3, 0.4) is 0 Å². The van der Waals surface area contributed by atoms with Gasteiger partial charge in [-0.1, -0.05) is 17.7 Å². The van der Waals surface area contributed by atoms with Gasteiger partial charge in [0.15, 0.2) is 29.6 Å². The largest absolute Gasteiger partial charge is 0.493 e. The molecular weight excluding hydrogens is 450 g/mol. The molecule has 0 radical (unpaired) electrons. The van der Waals surface area contributed by atoms with E-state index in [0.29, 0.717) is 41.1 Å². The third-order valence-corrected chi connectivity index (χ3v) is 5.24. The van der Waals surface area contributed by atoms with Crippen molar-refractivity contribution < 1.29 is 23.7 Å². The van der Waals surface area contributed by atoms with Crippen molar-refractivity contribution in [3.63, 3.8) is 0 Å². The second kappa shape index (κ2) is 10.7. The number of methoxy groups -OCH3 is 2. The zero-order chi connectivity index (χ0) is 24.8. The highest BCUT2D eigenvalue weighted by Crippen LogP contribution is 2.31. The van der Waals surface area contributed by atoms with Gasteiger partial charge in [0.05, 0.1) is 20.8 Å². The van der Waals surface area contributed by atoms with E-state index in [-0.39, 0.29) is 19.1 Å². The van der Waals surface area contributed by atoms with Crippen LogP contribution in [0.4, 0.5) is 0 Å². The van der Waals surface area contributed by atoms with Gasteiger partial charge in [-0.3, -0.25) is 4.79 Å². The Labute approximate surface area is 202 Å². The lowest BCUT2D eigenvalue weighted by Gasteiger charge is -2.11. The normalized spacial score (nSPS) is 10.7. The van der Waals surface area contributed by atoms with E-state index in [2.05, 4.69) is 20.6 Å². The summed E-state index contributed by atoms with van der Waals surface area (Å²) in [4.78, 5) is 12.1. The van der Waals surface area contributed by atoms with Crippen LogP contribution in [0, 0.1) is 13.8 Å². The summed E-state index contributed by atoms with van der Waals surface area (Å²) < 4.78 is 23.6. The Hall–Kier alpha value is -4.34. The summed E-state index contributed by atoms with van der Waals surface area (Å²) in [5, 5.41) is 15.7. The lowest BCUT2D eigenvalue weighted by molar-refractivity contribution is -0.123. The Morgan fingerprint density at radius 1 is 0.914 bits per heavy atom. The van der Waals surface area contributed by atoms with E-state index in [1.54, 1.807) is 43.0 Å². The standard InChI is InChI=1S/C25H27N5O5/c1-16-5-7-19(17(2)13-16)35-15-23(31)26-11-12-34-24-10-9-22-27-28-25(30(22)29-24)18-6-8-20(32-3)21(14-18)33-4/h5-10,13-14H,11-12,15H2,1-4H3,(H,26,31). The van der Waals surface area contributed by atoms with Gasteiger partial charge in [-0.15, -0.1) is 15.3 Å². The Balaban J connectivity index is 1.33. The summed E-state index contributed by atoms with van der Waals surface area (Å²) >= 11 is 0. The monoisotopic (exact) mass is 477 g/mol. The van der Waals surface area contributed by atoms with Crippen LogP contribution in [0.1, 0.15) is 11.1 Å². The number of aromatic nitrogens is 4. The number of amides is 1. The van der Waals surface area contributed by atoms with Crippen LogP contribution in [0.25, 0.3) is 17.0 Å². The fourth-order valence-electron chi connectivity index (χ4n) is 3.51. The predicted octanol–water partition coefficient (Wildman–Crippen LogP) is 3.00. The highest BCUT2D eigenvalue weighted by Gasteiger charge is 2.14. The van der Waals surface area contributed by atoms with Crippen molar-refractivity contribution in [1.29, 1.82) is 0 Å². The molecule has 182 valence electrons. The SMILES string of the molecule is COc1ccc(-c2nnc3ccc(OCCNC(=O)COc4ccc(C)cc4C)nn23)cc1OC. The van der Waals surface area contributed by atoms with Gasteiger partial charge in [0.2, 0.25) is 5.88 Å². The summed E-state index contributed by atoms with van der Waals surface area (Å²) in [5.41, 5.74) is 3.46. The first-order chi connectivity index (χ1) is 17.0. The molecule has 35 heavy (non-hydrogen) atoms. The van der Waals surface area contributed by atoms with Crippen LogP contribution in [0.15, 0.2) is 48.5 Å². The highest BCUT2D eigenvalue weighted by atomic mass is 16.5. The molecule has 0 aliphatic rings. The summed E-state index contributed by atoms with van der Waals surface area (Å²) in [6, 6.07) is 14.7. The predicted molar refractivity (Wildman–Crippen MR) is 129 cm³/mol. The van der Waals surface area contributed by atoms with Gasteiger partial charge >= 0.3 is 0 Å². The van der Waals surface area contributed by atoms with Crippen LogP contribution in [0.5, 0.6) is 23.1 Å². The molecule has 4 rings (SSSR count). The number of hydrogen-bond donors (Lipinski definition) is 1. The molecule has 10 nitrogen and oxygen atoms in total. The first kappa shape index (κ1) is 23.8. The second-order valence-corrected chi connectivity index (χ2v) is 7.79. The molecule has 1 amide bonds. The van der Waals surface area contributed by atoms with Gasteiger partial charge in [0.1, 0.15) is 12.4 Å². The van der Waals surface area contributed by atoms with Crippen LogP contribution >= 0.6 is 0 Å². The Bertz CT molecular complexity index is 1340. The van der Waals surface area contributed by atoms with Gasteiger partial charge < -0.3 is 24.3 Å². The smallest absolute Gasteiger partial charge is 0.258 e. The third kappa shape index (κ3) is 5.60. The Morgan fingerprint density at radius 3 is 2.49 bits per heavy atom. The molecule has 0 unspecified atom stereocenters. The fourth-order valence-corrected chi connectivity index (χ4v) is 3.51. The lowest BCUT2D eigenvalue weighted by atomic mass is 10.1. The van der Waals surface area contributed by atoms with Crippen molar-refractivity contribution in [2.45, 2.75) is 13.8 Å². The number of aryl methyl sites for hydroxylation is 2. The summed E-state index contributed by atoms with van der Waals surface area (Å²) in [6.45, 7) is 4.44. The van der Waals surface area contributed by atoms with Gasteiger partial charge in [0.25, 0.3) is 5.91 Å². The number of ether oxygens (including phenoxy) is 4. The molecule has 0 atom stereocenters. The summed E-state index contributed by atoms with van der Waals surface area (Å²) in [7, 11) is 3.15. The molecule has 4 aromatic rings. The van der Waals surface area contributed by atoms with Crippen molar-refractivity contribution in [2.75, 3.05) is 34.0 Å². The van der Waals surface area contributed by atoms with Crippen LogP contribution in [0.2, 0.25) is 0 Å². The Kier molecular flexibility index (Phi) is 7.30. The van der Waals surface area contributed by atoms with Crippen LogP contribution < -0.4 is 24.3 Å². The molecule has 10 heteroatoms. The van der Waals surface area contributed by atoms with E-state index in [1.807, 2.05) is 38.1 Å². The lowest BCUT2D eigenvalue weighted by Crippen LogP contribution is -2.32. The molecular formula is C25H27N5O5. The minimum Gasteiger partial charge on any atom is -0.493 e. The zero-order valence-electron chi connectivity index (χ0n) is 20.1. The van der Waals surface area contributed by atoms with Crippen molar-refractivity contribution >= 4 is 11.6 Å². The quantitative estimate of drug-likeness (QED) is 0.347. The van der Waals surface area contributed by atoms with Gasteiger partial charge in [-0.25, -0.2) is 0 Å². The first-order valence-corrected chi connectivity index (χ1v) is 11.0. The van der Waals surface area contributed by atoms with Crippen molar-refractivity contribution in [1.82, 2.24) is 25.1 Å². The average Bonchev–Trinajstić information content (AvgIpc) is 3.29. The van der Waals surface area contributed by atoms with E-state index in [0.717, 1.165) is 16.7 Å². The summed E-state index contributed by atoms with van der Waals surface area (Å²) in [5.74, 6) is 2.56. The number of carbonyl (C=O) groups excluding carboxylic acids is 1. The van der Waals surface area contributed by atoms with E-state index < -0.39 is 0 Å². The minimum absolute atomic E-state index is 0.0660. The number of hydrogen-bond acceptors (Lipinski definition) is 8. The van der Waals surface area contributed by atoms with E-state index in [4.69, 9.17) is 18.9 Å². The Morgan fingerprint density at radius 2 is 1.71 bits per heavy atom. The van der Waals surface area contributed by atoms with Gasteiger partial charge in [-0.2, -0.15) is 4.52 Å². The van der Waals surface area contributed by atoms with Crippen molar-refractivity contribution in [2.24, 2.45) is 0 Å². The molecule has 2 aromatic heterocycles. The molecule has 0 saturated carbocycles. The highest BCUT2D eigenvalue weighted by molar-refractivity contribution is 5.77. The molecule has 0 saturated heterocycles. The summed E-state index contributed by atoms with van der Waals surface area (Å²) in [6.07, 6.45) is 0. The maximum Gasteiger partial charge on any atom is 0.258 e. The van der Waals surface area contributed by atoms with E-state index in [9.17, 15) is 4.79 Å². The molecule has 2 aromatic carbocycles. The van der Waals surface area contributed by atoms with Gasteiger partial charge in [0, 0.05) is 11.6 Å². The zero-order valence-corrected chi connectivity index (χ0v) is 20.1.